The molecular formula is C17H16FNO4. The zero-order chi connectivity index (χ0) is 16.8. The summed E-state index contributed by atoms with van der Waals surface area (Å²) >= 11 is 0. The highest BCUT2D eigenvalue weighted by atomic mass is 19.1. The summed E-state index contributed by atoms with van der Waals surface area (Å²) in [5.41, 5.74) is 6.01. The Balaban J connectivity index is 1.97. The van der Waals surface area contributed by atoms with Gasteiger partial charge in [-0.05, 0) is 48.9 Å². The molecule has 0 aromatic heterocycles. The molecule has 0 spiro atoms. The summed E-state index contributed by atoms with van der Waals surface area (Å²) in [5, 5.41) is 0. The fourth-order valence-electron chi connectivity index (χ4n) is 1.87. The SMILES string of the molecule is CC(OC(=O)c1ccc(OCC(N)=O)cc1)c1ccc(F)cc1. The molecule has 0 bridgehead atoms. The van der Waals surface area contributed by atoms with Gasteiger partial charge in [0, 0.05) is 0 Å². The smallest absolute Gasteiger partial charge is 0.338 e. The van der Waals surface area contributed by atoms with Crippen LogP contribution in [0.25, 0.3) is 0 Å². The first-order valence-electron chi connectivity index (χ1n) is 6.93. The Morgan fingerprint density at radius 3 is 2.26 bits per heavy atom. The largest absolute Gasteiger partial charge is 0.484 e. The summed E-state index contributed by atoms with van der Waals surface area (Å²) in [4.78, 5) is 22.7. The number of ether oxygens (including phenoxy) is 2. The van der Waals surface area contributed by atoms with Crippen LogP contribution in [-0.4, -0.2) is 18.5 Å². The van der Waals surface area contributed by atoms with E-state index in [0.717, 1.165) is 0 Å². The van der Waals surface area contributed by atoms with Crippen LogP contribution in [0.1, 0.15) is 28.9 Å². The Labute approximate surface area is 132 Å². The Morgan fingerprint density at radius 1 is 1.09 bits per heavy atom. The standard InChI is InChI=1S/C17H16FNO4/c1-11(12-2-6-14(18)7-3-12)23-17(21)13-4-8-15(9-5-13)22-10-16(19)20/h2-9,11H,10H2,1H3,(H2,19,20). The molecule has 0 aliphatic rings. The molecule has 120 valence electrons. The number of carbonyl (C=O) groups excluding carboxylic acids is 2. The molecule has 0 saturated heterocycles. The number of nitrogens with two attached hydrogens (primary N) is 1. The first kappa shape index (κ1) is 16.5. The number of carbonyl (C=O) groups is 2. The number of benzene rings is 2. The molecule has 6 heteroatoms. The van der Waals surface area contributed by atoms with Crippen LogP contribution >= 0.6 is 0 Å². The fraction of sp³-hybridized carbons (Fsp3) is 0.176. The first-order valence-corrected chi connectivity index (χ1v) is 6.93. The van der Waals surface area contributed by atoms with Gasteiger partial charge in [0.05, 0.1) is 5.56 Å². The molecule has 0 aliphatic heterocycles. The topological polar surface area (TPSA) is 78.6 Å². The maximum atomic E-state index is 12.9. The molecule has 1 atom stereocenters. The van der Waals surface area contributed by atoms with Gasteiger partial charge in [-0.3, -0.25) is 4.79 Å². The Morgan fingerprint density at radius 2 is 1.70 bits per heavy atom. The highest BCUT2D eigenvalue weighted by Gasteiger charge is 2.14. The van der Waals surface area contributed by atoms with Gasteiger partial charge in [0.2, 0.25) is 0 Å². The molecule has 0 saturated carbocycles. The number of hydrogen-bond donors (Lipinski definition) is 1. The van der Waals surface area contributed by atoms with E-state index in [4.69, 9.17) is 15.2 Å². The summed E-state index contributed by atoms with van der Waals surface area (Å²) in [6.45, 7) is 1.47. The van der Waals surface area contributed by atoms with Crippen molar-refractivity contribution >= 4 is 11.9 Å². The molecule has 5 nitrogen and oxygen atoms in total. The van der Waals surface area contributed by atoms with Gasteiger partial charge in [-0.25, -0.2) is 9.18 Å². The van der Waals surface area contributed by atoms with Crippen molar-refractivity contribution in [3.8, 4) is 5.75 Å². The van der Waals surface area contributed by atoms with Gasteiger partial charge < -0.3 is 15.2 Å². The quantitative estimate of drug-likeness (QED) is 0.831. The number of amides is 1. The molecular weight excluding hydrogens is 301 g/mol. The van der Waals surface area contributed by atoms with Crippen LogP contribution in [0.15, 0.2) is 48.5 Å². The van der Waals surface area contributed by atoms with E-state index >= 15 is 0 Å². The van der Waals surface area contributed by atoms with Crippen LogP contribution in [-0.2, 0) is 9.53 Å². The second-order valence-corrected chi connectivity index (χ2v) is 4.88. The maximum Gasteiger partial charge on any atom is 0.338 e. The van der Waals surface area contributed by atoms with Crippen molar-refractivity contribution in [3.63, 3.8) is 0 Å². The Kier molecular flexibility index (Phi) is 5.30. The Bertz CT molecular complexity index is 683. The Hall–Kier alpha value is -2.89. The molecule has 1 unspecified atom stereocenters. The molecule has 2 aromatic rings. The lowest BCUT2D eigenvalue weighted by Crippen LogP contribution is -2.20. The molecule has 0 aliphatic carbocycles. The molecule has 1 amide bonds. The van der Waals surface area contributed by atoms with Crippen molar-refractivity contribution < 1.29 is 23.5 Å². The van der Waals surface area contributed by atoms with Gasteiger partial charge in [-0.15, -0.1) is 0 Å². The average Bonchev–Trinajstić information content (AvgIpc) is 2.54. The lowest BCUT2D eigenvalue weighted by atomic mass is 10.1. The number of halogens is 1. The number of primary amides is 1. The van der Waals surface area contributed by atoms with Crippen LogP contribution in [0.4, 0.5) is 4.39 Å². The van der Waals surface area contributed by atoms with Gasteiger partial charge >= 0.3 is 5.97 Å². The highest BCUT2D eigenvalue weighted by molar-refractivity contribution is 5.89. The lowest BCUT2D eigenvalue weighted by molar-refractivity contribution is -0.119. The molecule has 0 radical (unpaired) electrons. The van der Waals surface area contributed by atoms with Crippen molar-refractivity contribution in [1.82, 2.24) is 0 Å². The van der Waals surface area contributed by atoms with Gasteiger partial charge in [0.25, 0.3) is 5.91 Å². The second-order valence-electron chi connectivity index (χ2n) is 4.88. The van der Waals surface area contributed by atoms with E-state index < -0.39 is 18.0 Å². The molecule has 2 N–H and O–H groups in total. The molecule has 0 fully saturated rings. The van der Waals surface area contributed by atoms with E-state index in [1.807, 2.05) is 0 Å². The lowest BCUT2D eigenvalue weighted by Gasteiger charge is -2.14. The van der Waals surface area contributed by atoms with Crippen molar-refractivity contribution in [2.24, 2.45) is 5.73 Å². The van der Waals surface area contributed by atoms with Crippen molar-refractivity contribution in [2.75, 3.05) is 6.61 Å². The zero-order valence-corrected chi connectivity index (χ0v) is 12.5. The minimum absolute atomic E-state index is 0.231. The molecule has 23 heavy (non-hydrogen) atoms. The van der Waals surface area contributed by atoms with Crippen molar-refractivity contribution in [3.05, 3.63) is 65.5 Å². The summed E-state index contributed by atoms with van der Waals surface area (Å²) in [6, 6.07) is 11.9. The third-order valence-corrected chi connectivity index (χ3v) is 3.09. The van der Waals surface area contributed by atoms with Gasteiger partial charge in [-0.1, -0.05) is 12.1 Å². The minimum Gasteiger partial charge on any atom is -0.484 e. The summed E-state index contributed by atoms with van der Waals surface area (Å²) in [6.07, 6.45) is -0.506. The van der Waals surface area contributed by atoms with Gasteiger partial charge in [0.1, 0.15) is 17.7 Å². The highest BCUT2D eigenvalue weighted by Crippen LogP contribution is 2.20. The fourth-order valence-corrected chi connectivity index (χ4v) is 1.87. The number of rotatable bonds is 6. The summed E-state index contributed by atoms with van der Waals surface area (Å²) < 4.78 is 23.3. The van der Waals surface area contributed by atoms with E-state index in [1.165, 1.54) is 24.3 Å². The van der Waals surface area contributed by atoms with Crippen LogP contribution in [0, 0.1) is 5.82 Å². The predicted octanol–water partition coefficient (Wildman–Crippen LogP) is 2.61. The van der Waals surface area contributed by atoms with Crippen molar-refractivity contribution in [2.45, 2.75) is 13.0 Å². The van der Waals surface area contributed by atoms with E-state index in [1.54, 1.807) is 31.2 Å². The first-order chi connectivity index (χ1) is 11.0. The molecule has 0 heterocycles. The second kappa shape index (κ2) is 7.40. The molecule has 2 rings (SSSR count). The van der Waals surface area contributed by atoms with E-state index in [-0.39, 0.29) is 12.4 Å². The average molecular weight is 317 g/mol. The van der Waals surface area contributed by atoms with E-state index in [2.05, 4.69) is 0 Å². The third kappa shape index (κ3) is 4.81. The van der Waals surface area contributed by atoms with E-state index in [0.29, 0.717) is 16.9 Å². The zero-order valence-electron chi connectivity index (χ0n) is 12.5. The summed E-state index contributed by atoms with van der Waals surface area (Å²) in [5.74, 6) is -1.02. The van der Waals surface area contributed by atoms with Crippen LogP contribution in [0.3, 0.4) is 0 Å². The van der Waals surface area contributed by atoms with Crippen LogP contribution in [0.5, 0.6) is 5.75 Å². The monoisotopic (exact) mass is 317 g/mol. The van der Waals surface area contributed by atoms with Crippen LogP contribution < -0.4 is 10.5 Å². The van der Waals surface area contributed by atoms with Crippen molar-refractivity contribution in [1.29, 1.82) is 0 Å². The van der Waals surface area contributed by atoms with Gasteiger partial charge in [-0.2, -0.15) is 0 Å². The maximum absolute atomic E-state index is 12.9. The van der Waals surface area contributed by atoms with Crippen LogP contribution in [0.2, 0.25) is 0 Å². The minimum atomic E-state index is -0.582. The normalized spacial score (nSPS) is 11.6. The van der Waals surface area contributed by atoms with Gasteiger partial charge in [0.15, 0.2) is 6.61 Å². The van der Waals surface area contributed by atoms with E-state index in [9.17, 15) is 14.0 Å². The summed E-state index contributed by atoms with van der Waals surface area (Å²) in [7, 11) is 0. The third-order valence-electron chi connectivity index (χ3n) is 3.09. The number of esters is 1. The number of hydrogen-bond acceptors (Lipinski definition) is 4. The predicted molar refractivity (Wildman–Crippen MR) is 81.4 cm³/mol. The molecule has 2 aromatic carbocycles.